The van der Waals surface area contributed by atoms with Crippen molar-refractivity contribution >= 4 is 11.6 Å². The fourth-order valence-electron chi connectivity index (χ4n) is 4.78. The standard InChI is InChI=1S/C27H25FN6O2/c1-16-12-23(33(2)32-16)20-14-30-27(29-13-19-18-10-11-36-24(18)9-8-21(19)28)34-15-22(31-26(20)34)25(35)17-6-4-3-5-7-17/h3-9,12,14-15,25,35H,10-11,13H2,1-2H3,(H,29,30). The zero-order valence-electron chi connectivity index (χ0n) is 19.9. The number of fused-ring (bicyclic) bond motifs is 2. The van der Waals surface area contributed by atoms with Crippen LogP contribution in [0.2, 0.25) is 0 Å². The van der Waals surface area contributed by atoms with Crippen LogP contribution >= 0.6 is 0 Å². The van der Waals surface area contributed by atoms with E-state index in [1.54, 1.807) is 27.5 Å². The Morgan fingerprint density at radius 3 is 2.81 bits per heavy atom. The number of aryl methyl sites for hydroxylation is 2. The Bertz CT molecular complexity index is 1580. The van der Waals surface area contributed by atoms with E-state index < -0.39 is 6.10 Å². The van der Waals surface area contributed by atoms with Crippen molar-refractivity contribution in [2.45, 2.75) is 26.0 Å². The molecule has 0 spiro atoms. The molecule has 0 bridgehead atoms. The molecule has 0 saturated carbocycles. The lowest BCUT2D eigenvalue weighted by molar-refractivity contribution is 0.216. The average molecular weight is 485 g/mol. The number of nitrogens with one attached hydrogen (secondary N) is 1. The molecule has 0 amide bonds. The first-order valence-electron chi connectivity index (χ1n) is 11.8. The second-order valence-corrected chi connectivity index (χ2v) is 8.92. The van der Waals surface area contributed by atoms with Gasteiger partial charge in [-0.2, -0.15) is 5.10 Å². The smallest absolute Gasteiger partial charge is 0.208 e. The second kappa shape index (κ2) is 8.76. The number of anilines is 1. The van der Waals surface area contributed by atoms with Gasteiger partial charge in [-0.05, 0) is 30.7 Å². The summed E-state index contributed by atoms with van der Waals surface area (Å²) < 4.78 is 23.9. The molecule has 36 heavy (non-hydrogen) atoms. The summed E-state index contributed by atoms with van der Waals surface area (Å²) in [6.45, 7) is 2.71. The highest BCUT2D eigenvalue weighted by molar-refractivity contribution is 5.76. The maximum atomic E-state index is 14.7. The van der Waals surface area contributed by atoms with Crippen LogP contribution in [-0.2, 0) is 20.0 Å². The van der Waals surface area contributed by atoms with Crippen LogP contribution in [0.1, 0.15) is 34.2 Å². The van der Waals surface area contributed by atoms with Crippen molar-refractivity contribution in [2.24, 2.45) is 7.05 Å². The highest BCUT2D eigenvalue weighted by atomic mass is 19.1. The van der Waals surface area contributed by atoms with E-state index in [1.807, 2.05) is 50.4 Å². The van der Waals surface area contributed by atoms with Crippen LogP contribution in [0, 0.1) is 12.7 Å². The van der Waals surface area contributed by atoms with E-state index in [9.17, 15) is 9.50 Å². The molecule has 1 unspecified atom stereocenters. The minimum Gasteiger partial charge on any atom is -0.493 e. The number of aliphatic hydroxyl groups is 1. The number of hydrogen-bond donors (Lipinski definition) is 2. The topological polar surface area (TPSA) is 89.5 Å². The molecule has 8 nitrogen and oxygen atoms in total. The molecule has 182 valence electrons. The molecule has 1 aliphatic rings. The SMILES string of the molecule is Cc1cc(-c2cnc(NCc3c(F)ccc4c3CCO4)n3cc(C(O)c4ccccc4)nc23)n(C)n1. The highest BCUT2D eigenvalue weighted by Crippen LogP contribution is 2.32. The Kier molecular flexibility index (Phi) is 5.41. The van der Waals surface area contributed by atoms with Gasteiger partial charge in [0.05, 0.1) is 29.3 Å². The Morgan fingerprint density at radius 1 is 1.19 bits per heavy atom. The molecule has 1 aliphatic heterocycles. The van der Waals surface area contributed by atoms with Gasteiger partial charge < -0.3 is 15.2 Å². The molecule has 0 fully saturated rings. The number of benzene rings is 2. The largest absolute Gasteiger partial charge is 0.493 e. The summed E-state index contributed by atoms with van der Waals surface area (Å²) in [6.07, 6.45) is 3.26. The van der Waals surface area contributed by atoms with E-state index in [1.165, 1.54) is 6.07 Å². The lowest BCUT2D eigenvalue weighted by Gasteiger charge is -2.13. The summed E-state index contributed by atoms with van der Waals surface area (Å²) in [5.41, 5.74) is 5.78. The summed E-state index contributed by atoms with van der Waals surface area (Å²) in [5, 5.41) is 18.8. The first kappa shape index (κ1) is 22.2. The third-order valence-electron chi connectivity index (χ3n) is 6.55. The van der Waals surface area contributed by atoms with Gasteiger partial charge in [0.25, 0.3) is 0 Å². The quantitative estimate of drug-likeness (QED) is 0.375. The van der Waals surface area contributed by atoms with Crippen molar-refractivity contribution in [2.75, 3.05) is 11.9 Å². The van der Waals surface area contributed by atoms with E-state index in [0.717, 1.165) is 33.8 Å². The molecule has 4 heterocycles. The van der Waals surface area contributed by atoms with Crippen LogP contribution in [0.25, 0.3) is 16.9 Å². The van der Waals surface area contributed by atoms with E-state index in [2.05, 4.69) is 15.4 Å². The van der Waals surface area contributed by atoms with Gasteiger partial charge in [-0.1, -0.05) is 30.3 Å². The Labute approximate surface area is 207 Å². The first-order chi connectivity index (χ1) is 17.5. The number of imidazole rings is 1. The lowest BCUT2D eigenvalue weighted by Crippen LogP contribution is -2.10. The van der Waals surface area contributed by atoms with Gasteiger partial charge >= 0.3 is 0 Å². The van der Waals surface area contributed by atoms with Crippen LogP contribution in [0.3, 0.4) is 0 Å². The molecule has 0 saturated heterocycles. The molecular weight excluding hydrogens is 459 g/mol. The maximum absolute atomic E-state index is 14.7. The molecule has 1 atom stereocenters. The van der Waals surface area contributed by atoms with Crippen molar-refractivity contribution in [3.63, 3.8) is 0 Å². The summed E-state index contributed by atoms with van der Waals surface area (Å²) in [6, 6.07) is 14.5. The molecule has 0 radical (unpaired) electrons. The number of hydrogen-bond acceptors (Lipinski definition) is 6. The first-order valence-corrected chi connectivity index (χ1v) is 11.8. The van der Waals surface area contributed by atoms with Crippen molar-refractivity contribution in [3.8, 4) is 17.0 Å². The van der Waals surface area contributed by atoms with Crippen LogP contribution in [0.4, 0.5) is 10.3 Å². The summed E-state index contributed by atoms with van der Waals surface area (Å²) in [4.78, 5) is 9.46. The van der Waals surface area contributed by atoms with E-state index in [0.29, 0.717) is 35.9 Å². The molecule has 2 aromatic carbocycles. The zero-order chi connectivity index (χ0) is 24.8. The van der Waals surface area contributed by atoms with Gasteiger partial charge in [-0.15, -0.1) is 0 Å². The number of nitrogens with zero attached hydrogens (tertiary/aromatic N) is 5. The summed E-state index contributed by atoms with van der Waals surface area (Å²) in [5.74, 6) is 0.933. The molecule has 6 rings (SSSR count). The van der Waals surface area contributed by atoms with Crippen LogP contribution < -0.4 is 10.1 Å². The second-order valence-electron chi connectivity index (χ2n) is 8.92. The highest BCUT2D eigenvalue weighted by Gasteiger charge is 2.22. The van der Waals surface area contributed by atoms with Crippen molar-refractivity contribution in [3.05, 3.63) is 94.8 Å². The predicted octanol–water partition coefficient (Wildman–Crippen LogP) is 4.21. The van der Waals surface area contributed by atoms with Crippen molar-refractivity contribution < 1.29 is 14.2 Å². The van der Waals surface area contributed by atoms with E-state index >= 15 is 0 Å². The van der Waals surface area contributed by atoms with E-state index in [-0.39, 0.29) is 12.4 Å². The minimum atomic E-state index is -0.910. The summed E-state index contributed by atoms with van der Waals surface area (Å²) >= 11 is 0. The van der Waals surface area contributed by atoms with Crippen LogP contribution in [-0.4, -0.2) is 35.9 Å². The zero-order valence-corrected chi connectivity index (χ0v) is 19.9. The molecule has 9 heteroatoms. The Balaban J connectivity index is 1.44. The number of aliphatic hydroxyl groups excluding tert-OH is 1. The number of aromatic nitrogens is 5. The molecule has 3 aromatic heterocycles. The lowest BCUT2D eigenvalue weighted by atomic mass is 10.0. The predicted molar refractivity (Wildman–Crippen MR) is 133 cm³/mol. The molecule has 2 N–H and O–H groups in total. The average Bonchev–Trinajstić information content (AvgIpc) is 3.62. The normalized spacial score (nSPS) is 13.6. The number of rotatable bonds is 6. The van der Waals surface area contributed by atoms with Crippen LogP contribution in [0.5, 0.6) is 5.75 Å². The van der Waals surface area contributed by atoms with Gasteiger partial charge in [0, 0.05) is 43.5 Å². The van der Waals surface area contributed by atoms with Gasteiger partial charge in [-0.3, -0.25) is 9.08 Å². The number of halogens is 1. The summed E-state index contributed by atoms with van der Waals surface area (Å²) in [7, 11) is 1.87. The maximum Gasteiger partial charge on any atom is 0.208 e. The Morgan fingerprint density at radius 2 is 2.03 bits per heavy atom. The van der Waals surface area contributed by atoms with Gasteiger partial charge in [-0.25, -0.2) is 14.4 Å². The third kappa shape index (κ3) is 3.77. The van der Waals surface area contributed by atoms with Crippen LogP contribution in [0.15, 0.2) is 60.9 Å². The van der Waals surface area contributed by atoms with Gasteiger partial charge in [0.2, 0.25) is 5.95 Å². The fourth-order valence-corrected chi connectivity index (χ4v) is 4.78. The van der Waals surface area contributed by atoms with E-state index in [4.69, 9.17) is 9.72 Å². The fraction of sp³-hybridized carbons (Fsp3) is 0.222. The van der Waals surface area contributed by atoms with Gasteiger partial charge in [0.15, 0.2) is 5.65 Å². The molecular formula is C27H25FN6O2. The number of ether oxygens (including phenoxy) is 1. The third-order valence-corrected chi connectivity index (χ3v) is 6.55. The minimum absolute atomic E-state index is 0.235. The van der Waals surface area contributed by atoms with Crippen molar-refractivity contribution in [1.29, 1.82) is 0 Å². The van der Waals surface area contributed by atoms with Gasteiger partial charge in [0.1, 0.15) is 17.7 Å². The molecule has 5 aromatic rings. The Hall–Kier alpha value is -4.24. The molecule has 0 aliphatic carbocycles. The monoisotopic (exact) mass is 484 g/mol. The van der Waals surface area contributed by atoms with Crippen molar-refractivity contribution in [1.82, 2.24) is 24.1 Å².